The van der Waals surface area contributed by atoms with Gasteiger partial charge in [-0.2, -0.15) is 0 Å². The Morgan fingerprint density at radius 3 is 2.62 bits per heavy atom. The number of nitrogens with zero attached hydrogens (tertiary/aromatic N) is 2. The summed E-state index contributed by atoms with van der Waals surface area (Å²) < 4.78 is 0. The van der Waals surface area contributed by atoms with Crippen LogP contribution in [0.3, 0.4) is 0 Å². The molecule has 0 aliphatic carbocycles. The van der Waals surface area contributed by atoms with Crippen molar-refractivity contribution in [1.82, 2.24) is 9.80 Å². The summed E-state index contributed by atoms with van der Waals surface area (Å²) in [6, 6.07) is 7.77. The molecule has 0 aromatic heterocycles. The van der Waals surface area contributed by atoms with Gasteiger partial charge in [-0.1, -0.05) is 17.7 Å². The zero-order chi connectivity index (χ0) is 17.2. The zero-order valence-electron chi connectivity index (χ0n) is 14.7. The minimum atomic E-state index is -0.160. The van der Waals surface area contributed by atoms with Crippen LogP contribution < -0.4 is 5.32 Å². The predicted molar refractivity (Wildman–Crippen MR) is 95.0 cm³/mol. The molecule has 0 saturated carbocycles. The number of carbonyl (C=O) groups excluding carboxylic acids is 2. The second kappa shape index (κ2) is 6.83. The number of benzene rings is 1. The normalized spacial score (nSPS) is 24.3. The Balaban J connectivity index is 1.71. The van der Waals surface area contributed by atoms with Gasteiger partial charge in [0.15, 0.2) is 0 Å². The van der Waals surface area contributed by atoms with E-state index in [-0.39, 0.29) is 17.5 Å². The van der Waals surface area contributed by atoms with Crippen molar-refractivity contribution < 1.29 is 9.59 Å². The largest absolute Gasteiger partial charge is 0.336 e. The number of nitrogens with one attached hydrogen (secondary N) is 1. The molecule has 1 unspecified atom stereocenters. The van der Waals surface area contributed by atoms with Crippen LogP contribution in [0, 0.1) is 6.92 Å². The lowest BCUT2D eigenvalue weighted by Crippen LogP contribution is -2.63. The molecule has 24 heavy (non-hydrogen) atoms. The molecule has 3 rings (SSSR count). The number of likely N-dealkylation sites (N-methyl/N-ethyl adjacent to an activating group) is 1. The molecule has 2 aliphatic heterocycles. The average molecular weight is 329 g/mol. The van der Waals surface area contributed by atoms with Crippen LogP contribution in [0.25, 0.3) is 0 Å². The molecular weight excluding hydrogens is 302 g/mol. The SMILES string of the molecule is CCN1C(=O)CCCC12CCCN(C(=O)Nc1ccc(C)cc1)C2. The summed E-state index contributed by atoms with van der Waals surface area (Å²) in [4.78, 5) is 28.9. The zero-order valence-corrected chi connectivity index (χ0v) is 14.7. The smallest absolute Gasteiger partial charge is 0.321 e. The first-order chi connectivity index (χ1) is 11.5. The van der Waals surface area contributed by atoms with E-state index in [2.05, 4.69) is 5.32 Å². The van der Waals surface area contributed by atoms with Crippen LogP contribution in [-0.2, 0) is 4.79 Å². The number of hydrogen-bond donors (Lipinski definition) is 1. The van der Waals surface area contributed by atoms with E-state index < -0.39 is 0 Å². The van der Waals surface area contributed by atoms with Crippen LogP contribution in [0.4, 0.5) is 10.5 Å². The van der Waals surface area contributed by atoms with Crippen molar-refractivity contribution in [3.63, 3.8) is 0 Å². The van der Waals surface area contributed by atoms with E-state index in [0.29, 0.717) is 13.0 Å². The minimum absolute atomic E-state index is 0.0630. The fraction of sp³-hybridized carbons (Fsp3) is 0.579. The van der Waals surface area contributed by atoms with Gasteiger partial charge in [-0.15, -0.1) is 0 Å². The van der Waals surface area contributed by atoms with Crippen LogP contribution in [0.2, 0.25) is 0 Å². The first-order valence-corrected chi connectivity index (χ1v) is 8.97. The highest BCUT2D eigenvalue weighted by atomic mass is 16.2. The van der Waals surface area contributed by atoms with Crippen molar-refractivity contribution in [2.75, 3.05) is 25.0 Å². The summed E-state index contributed by atoms with van der Waals surface area (Å²) in [6.45, 7) is 6.19. The third-order valence-corrected chi connectivity index (χ3v) is 5.37. The number of aryl methyl sites for hydroxylation is 1. The molecule has 2 aliphatic rings. The second-order valence-corrected chi connectivity index (χ2v) is 7.04. The molecule has 2 heterocycles. The van der Waals surface area contributed by atoms with Gasteiger partial charge in [0.05, 0.1) is 5.54 Å². The van der Waals surface area contributed by atoms with Crippen LogP contribution in [-0.4, -0.2) is 46.9 Å². The van der Waals surface area contributed by atoms with Gasteiger partial charge >= 0.3 is 6.03 Å². The standard InChI is InChI=1S/C19H27N3O2/c1-3-22-17(23)6-4-11-19(22)12-5-13-21(14-19)18(24)20-16-9-7-15(2)8-10-16/h7-10H,3-6,11-14H2,1-2H3,(H,20,24). The lowest BCUT2D eigenvalue weighted by molar-refractivity contribution is -0.144. The van der Waals surface area contributed by atoms with Gasteiger partial charge in [-0.3, -0.25) is 4.79 Å². The summed E-state index contributed by atoms with van der Waals surface area (Å²) >= 11 is 0. The van der Waals surface area contributed by atoms with Crippen LogP contribution in [0.15, 0.2) is 24.3 Å². The molecule has 1 atom stereocenters. The first kappa shape index (κ1) is 16.8. The molecule has 2 fully saturated rings. The summed E-state index contributed by atoms with van der Waals surface area (Å²) in [6.07, 6.45) is 4.53. The lowest BCUT2D eigenvalue weighted by Gasteiger charge is -2.51. The number of rotatable bonds is 2. The molecule has 1 N–H and O–H groups in total. The molecule has 1 aromatic rings. The van der Waals surface area contributed by atoms with E-state index in [1.165, 1.54) is 5.56 Å². The molecule has 5 nitrogen and oxygen atoms in total. The Hall–Kier alpha value is -2.04. The monoisotopic (exact) mass is 329 g/mol. The Bertz CT molecular complexity index is 610. The summed E-state index contributed by atoms with van der Waals surface area (Å²) in [5, 5.41) is 2.99. The van der Waals surface area contributed by atoms with Gasteiger partial charge in [0.2, 0.25) is 5.91 Å². The van der Waals surface area contributed by atoms with Crippen molar-refractivity contribution in [1.29, 1.82) is 0 Å². The summed E-state index contributed by atoms with van der Waals surface area (Å²) in [5.41, 5.74) is 1.83. The van der Waals surface area contributed by atoms with Crippen molar-refractivity contribution in [2.45, 2.75) is 51.5 Å². The molecule has 3 amide bonds. The van der Waals surface area contributed by atoms with Gasteiger partial charge in [-0.05, 0) is 51.7 Å². The molecule has 2 saturated heterocycles. The van der Waals surface area contributed by atoms with E-state index in [1.54, 1.807) is 0 Å². The molecule has 1 spiro atoms. The quantitative estimate of drug-likeness (QED) is 0.904. The van der Waals surface area contributed by atoms with Gasteiger partial charge in [0.25, 0.3) is 0 Å². The molecule has 130 valence electrons. The third kappa shape index (κ3) is 3.25. The van der Waals surface area contributed by atoms with E-state index >= 15 is 0 Å². The third-order valence-electron chi connectivity index (χ3n) is 5.37. The molecule has 1 aromatic carbocycles. The van der Waals surface area contributed by atoms with Crippen LogP contribution >= 0.6 is 0 Å². The Morgan fingerprint density at radius 1 is 1.21 bits per heavy atom. The lowest BCUT2D eigenvalue weighted by atomic mass is 9.79. The highest BCUT2D eigenvalue weighted by Crippen LogP contribution is 2.36. The Labute approximate surface area is 144 Å². The van der Waals surface area contributed by atoms with Crippen molar-refractivity contribution >= 4 is 17.6 Å². The molecule has 0 bridgehead atoms. The van der Waals surface area contributed by atoms with Crippen molar-refractivity contribution in [3.8, 4) is 0 Å². The van der Waals surface area contributed by atoms with Crippen LogP contribution in [0.1, 0.15) is 44.6 Å². The van der Waals surface area contributed by atoms with E-state index in [9.17, 15) is 9.59 Å². The van der Waals surface area contributed by atoms with Gasteiger partial charge in [0, 0.05) is 31.7 Å². The fourth-order valence-electron chi connectivity index (χ4n) is 4.16. The highest BCUT2D eigenvalue weighted by molar-refractivity contribution is 5.89. The van der Waals surface area contributed by atoms with Crippen molar-refractivity contribution in [3.05, 3.63) is 29.8 Å². The van der Waals surface area contributed by atoms with Gasteiger partial charge < -0.3 is 15.1 Å². The summed E-state index contributed by atoms with van der Waals surface area (Å²) in [5.74, 6) is 0.240. The second-order valence-electron chi connectivity index (χ2n) is 7.04. The number of anilines is 1. The predicted octanol–water partition coefficient (Wildman–Crippen LogP) is 3.39. The maximum atomic E-state index is 12.7. The molecule has 5 heteroatoms. The first-order valence-electron chi connectivity index (χ1n) is 8.97. The van der Waals surface area contributed by atoms with Gasteiger partial charge in [-0.25, -0.2) is 4.79 Å². The highest BCUT2D eigenvalue weighted by Gasteiger charge is 2.45. The number of piperidine rings is 2. The topological polar surface area (TPSA) is 52.7 Å². The number of hydrogen-bond acceptors (Lipinski definition) is 2. The average Bonchev–Trinajstić information content (AvgIpc) is 2.57. The Morgan fingerprint density at radius 2 is 1.92 bits per heavy atom. The summed E-state index contributed by atoms with van der Waals surface area (Å²) in [7, 11) is 0. The van der Waals surface area contributed by atoms with Gasteiger partial charge in [0.1, 0.15) is 0 Å². The fourth-order valence-corrected chi connectivity index (χ4v) is 4.16. The van der Waals surface area contributed by atoms with E-state index in [1.807, 2.05) is 47.9 Å². The van der Waals surface area contributed by atoms with E-state index in [0.717, 1.165) is 44.5 Å². The maximum absolute atomic E-state index is 12.7. The maximum Gasteiger partial charge on any atom is 0.321 e. The molecule has 0 radical (unpaired) electrons. The minimum Gasteiger partial charge on any atom is -0.336 e. The number of likely N-dealkylation sites (tertiary alicyclic amines) is 2. The molecular formula is C19H27N3O2. The van der Waals surface area contributed by atoms with Crippen molar-refractivity contribution in [2.24, 2.45) is 0 Å². The number of carbonyl (C=O) groups is 2. The Kier molecular flexibility index (Phi) is 4.78. The van der Waals surface area contributed by atoms with Crippen LogP contribution in [0.5, 0.6) is 0 Å². The number of amides is 3. The number of urea groups is 1. The van der Waals surface area contributed by atoms with E-state index in [4.69, 9.17) is 0 Å².